The fourth-order valence-electron chi connectivity index (χ4n) is 5.37. The van der Waals surface area contributed by atoms with Crippen LogP contribution in [0.4, 0.5) is 5.82 Å². The van der Waals surface area contributed by atoms with E-state index in [0.717, 1.165) is 59.1 Å². The van der Waals surface area contributed by atoms with Crippen LogP contribution in [0.1, 0.15) is 24.8 Å². The van der Waals surface area contributed by atoms with Crippen LogP contribution in [0.3, 0.4) is 0 Å². The molecule has 0 spiro atoms. The summed E-state index contributed by atoms with van der Waals surface area (Å²) in [5, 5.41) is 3.45. The van der Waals surface area contributed by atoms with Crippen LogP contribution in [0.15, 0.2) is 85.1 Å². The number of aromatic nitrogens is 4. The summed E-state index contributed by atoms with van der Waals surface area (Å²) in [6.45, 7) is 3.22. The van der Waals surface area contributed by atoms with Crippen molar-refractivity contribution in [2.24, 2.45) is 0 Å². The predicted molar refractivity (Wildman–Crippen MR) is 154 cm³/mol. The molecule has 192 valence electrons. The van der Waals surface area contributed by atoms with E-state index in [9.17, 15) is 0 Å². The number of benzene rings is 2. The van der Waals surface area contributed by atoms with E-state index in [2.05, 4.69) is 63.2 Å². The van der Waals surface area contributed by atoms with Gasteiger partial charge >= 0.3 is 0 Å². The van der Waals surface area contributed by atoms with Gasteiger partial charge in [0.15, 0.2) is 11.5 Å². The first-order valence-corrected chi connectivity index (χ1v) is 13.3. The number of hydrogen-bond acceptors (Lipinski definition) is 6. The number of nitrogens with zero attached hydrogens (tertiary/aromatic N) is 5. The fourth-order valence-corrected chi connectivity index (χ4v) is 5.37. The Kier molecular flexibility index (Phi) is 6.86. The van der Waals surface area contributed by atoms with E-state index in [4.69, 9.17) is 15.7 Å². The van der Waals surface area contributed by atoms with Crippen molar-refractivity contribution >= 4 is 17.0 Å². The van der Waals surface area contributed by atoms with Gasteiger partial charge in [0.1, 0.15) is 11.3 Å². The van der Waals surface area contributed by atoms with Gasteiger partial charge in [0, 0.05) is 30.0 Å². The molecule has 1 unspecified atom stereocenters. The van der Waals surface area contributed by atoms with Crippen LogP contribution in [0.2, 0.25) is 0 Å². The Bertz CT molecular complexity index is 1530. The van der Waals surface area contributed by atoms with Crippen molar-refractivity contribution in [2.45, 2.75) is 31.8 Å². The van der Waals surface area contributed by atoms with Gasteiger partial charge in [-0.1, -0.05) is 42.5 Å². The molecule has 1 aliphatic heterocycles. The van der Waals surface area contributed by atoms with Crippen LogP contribution in [-0.4, -0.2) is 50.6 Å². The van der Waals surface area contributed by atoms with Crippen molar-refractivity contribution < 1.29 is 0 Å². The number of imidazole rings is 1. The molecule has 1 saturated heterocycles. The summed E-state index contributed by atoms with van der Waals surface area (Å²) in [6.07, 6.45) is 5.38. The van der Waals surface area contributed by atoms with Gasteiger partial charge in [-0.15, -0.1) is 0 Å². The summed E-state index contributed by atoms with van der Waals surface area (Å²) >= 11 is 0. The summed E-state index contributed by atoms with van der Waals surface area (Å²) in [5.74, 6) is 1.19. The molecule has 7 nitrogen and oxygen atoms in total. The Balaban J connectivity index is 1.39. The second-order valence-electron chi connectivity index (χ2n) is 9.97. The lowest BCUT2D eigenvalue weighted by Gasteiger charge is -2.20. The Morgan fingerprint density at radius 2 is 1.74 bits per heavy atom. The molecular formula is C31H33N7. The summed E-state index contributed by atoms with van der Waals surface area (Å²) < 4.78 is 2.10. The van der Waals surface area contributed by atoms with E-state index in [1.54, 1.807) is 6.20 Å². The van der Waals surface area contributed by atoms with Crippen molar-refractivity contribution in [1.82, 2.24) is 29.7 Å². The minimum Gasteiger partial charge on any atom is -0.383 e. The molecule has 0 aliphatic carbocycles. The van der Waals surface area contributed by atoms with Crippen LogP contribution >= 0.6 is 0 Å². The van der Waals surface area contributed by atoms with Gasteiger partial charge in [0.05, 0.1) is 11.3 Å². The minimum absolute atomic E-state index is 0.449. The largest absolute Gasteiger partial charge is 0.383 e. The van der Waals surface area contributed by atoms with E-state index < -0.39 is 0 Å². The normalized spacial score (nSPS) is 16.5. The lowest BCUT2D eigenvalue weighted by Crippen LogP contribution is -2.28. The van der Waals surface area contributed by atoms with Crippen molar-refractivity contribution in [1.29, 1.82) is 0 Å². The van der Waals surface area contributed by atoms with Gasteiger partial charge in [0.2, 0.25) is 0 Å². The standard InChI is InChI=1S/C31H33N7/c1-33-24-9-6-19-37(20-17-24)21-22-11-13-25(14-12-22)38-30(26-10-5-18-34-29(26)32)36-28-16-15-27(35-31(28)38)23-7-3-2-4-8-23/h2-5,7-8,10-16,18,24,33H,6,9,17,19-21H2,1H3,(H2,32,34). The van der Waals surface area contributed by atoms with E-state index in [1.807, 2.05) is 42.5 Å². The van der Waals surface area contributed by atoms with E-state index in [-0.39, 0.29) is 0 Å². The summed E-state index contributed by atoms with van der Waals surface area (Å²) in [6, 6.07) is 27.5. The van der Waals surface area contributed by atoms with Gasteiger partial charge in [-0.05, 0) is 81.4 Å². The maximum Gasteiger partial charge on any atom is 0.165 e. The lowest BCUT2D eigenvalue weighted by molar-refractivity contribution is 0.274. The molecule has 0 saturated carbocycles. The average Bonchev–Trinajstić information content (AvgIpc) is 3.18. The number of rotatable bonds is 6. The molecule has 1 atom stereocenters. The first-order chi connectivity index (χ1) is 18.7. The van der Waals surface area contributed by atoms with Gasteiger partial charge < -0.3 is 11.1 Å². The first-order valence-electron chi connectivity index (χ1n) is 13.3. The zero-order valence-electron chi connectivity index (χ0n) is 21.7. The highest BCUT2D eigenvalue weighted by Crippen LogP contribution is 2.32. The van der Waals surface area contributed by atoms with E-state index in [1.165, 1.54) is 24.8 Å². The van der Waals surface area contributed by atoms with Crippen LogP contribution in [0.5, 0.6) is 0 Å². The second kappa shape index (κ2) is 10.7. The first kappa shape index (κ1) is 24.3. The molecular weight excluding hydrogens is 470 g/mol. The minimum atomic E-state index is 0.449. The number of likely N-dealkylation sites (tertiary alicyclic amines) is 1. The SMILES string of the molecule is CNC1CCCN(Cc2ccc(-n3c(-c4cccnc4N)nc4ccc(-c5ccccc5)nc43)cc2)CC1. The molecule has 5 aromatic rings. The van der Waals surface area contributed by atoms with Gasteiger partial charge in [-0.25, -0.2) is 15.0 Å². The molecule has 6 rings (SSSR count). The topological polar surface area (TPSA) is 84.9 Å². The molecule has 0 amide bonds. The number of nitrogens with two attached hydrogens (primary N) is 1. The van der Waals surface area contributed by atoms with Crippen LogP contribution in [0, 0.1) is 0 Å². The third-order valence-electron chi connectivity index (χ3n) is 7.48. The summed E-state index contributed by atoms with van der Waals surface area (Å²) in [5.41, 5.74) is 13.0. The Morgan fingerprint density at radius 1 is 0.895 bits per heavy atom. The van der Waals surface area contributed by atoms with Crippen molar-refractivity contribution in [3.63, 3.8) is 0 Å². The highest BCUT2D eigenvalue weighted by molar-refractivity contribution is 5.84. The van der Waals surface area contributed by atoms with Gasteiger partial charge in [-0.2, -0.15) is 0 Å². The monoisotopic (exact) mass is 503 g/mol. The zero-order chi connectivity index (χ0) is 25.9. The van der Waals surface area contributed by atoms with Crippen molar-refractivity contribution in [3.05, 3.63) is 90.6 Å². The average molecular weight is 504 g/mol. The second-order valence-corrected chi connectivity index (χ2v) is 9.97. The Morgan fingerprint density at radius 3 is 2.53 bits per heavy atom. The predicted octanol–water partition coefficient (Wildman–Crippen LogP) is 5.31. The van der Waals surface area contributed by atoms with Crippen molar-refractivity contribution in [3.8, 4) is 28.3 Å². The number of hydrogen-bond donors (Lipinski definition) is 2. The molecule has 1 aliphatic rings. The van der Waals surface area contributed by atoms with Crippen LogP contribution in [-0.2, 0) is 6.54 Å². The quantitative estimate of drug-likeness (QED) is 0.327. The smallest absolute Gasteiger partial charge is 0.165 e. The maximum absolute atomic E-state index is 6.31. The molecule has 3 aromatic heterocycles. The Hall–Kier alpha value is -4.07. The highest BCUT2D eigenvalue weighted by Gasteiger charge is 2.19. The lowest BCUT2D eigenvalue weighted by atomic mass is 10.1. The summed E-state index contributed by atoms with van der Waals surface area (Å²) in [7, 11) is 2.07. The molecule has 2 aromatic carbocycles. The maximum atomic E-state index is 6.31. The van der Waals surface area contributed by atoms with Gasteiger partial charge in [0.25, 0.3) is 0 Å². The number of anilines is 1. The van der Waals surface area contributed by atoms with E-state index >= 15 is 0 Å². The molecule has 3 N–H and O–H groups in total. The third kappa shape index (κ3) is 4.90. The zero-order valence-corrected chi connectivity index (χ0v) is 21.7. The fraction of sp³-hybridized carbons (Fsp3) is 0.258. The number of pyridine rings is 2. The molecule has 0 radical (unpaired) electrons. The van der Waals surface area contributed by atoms with Crippen molar-refractivity contribution in [2.75, 3.05) is 25.9 Å². The molecule has 38 heavy (non-hydrogen) atoms. The summed E-state index contributed by atoms with van der Waals surface area (Å²) in [4.78, 5) is 16.9. The number of nitrogen functional groups attached to an aromatic ring is 1. The third-order valence-corrected chi connectivity index (χ3v) is 7.48. The van der Waals surface area contributed by atoms with Crippen LogP contribution < -0.4 is 11.1 Å². The highest BCUT2D eigenvalue weighted by atomic mass is 15.1. The number of nitrogens with one attached hydrogen (secondary N) is 1. The molecule has 7 heteroatoms. The number of fused-ring (bicyclic) bond motifs is 1. The molecule has 4 heterocycles. The molecule has 1 fully saturated rings. The van der Waals surface area contributed by atoms with Crippen LogP contribution in [0.25, 0.3) is 39.5 Å². The molecule has 0 bridgehead atoms. The van der Waals surface area contributed by atoms with E-state index in [0.29, 0.717) is 11.9 Å². The van der Waals surface area contributed by atoms with Gasteiger partial charge in [-0.3, -0.25) is 9.47 Å². The Labute approximate surface area is 223 Å².